The van der Waals surface area contributed by atoms with E-state index in [9.17, 15) is 0 Å². The summed E-state index contributed by atoms with van der Waals surface area (Å²) in [7, 11) is 0. The average Bonchev–Trinajstić information content (AvgIpc) is 2.99. The van der Waals surface area contributed by atoms with Crippen molar-refractivity contribution >= 4 is 23.0 Å². The Morgan fingerprint density at radius 2 is 2.00 bits per heavy atom. The maximum Gasteiger partial charge on any atom is 0.169 e. The molecule has 4 rings (SSSR count). The van der Waals surface area contributed by atoms with Gasteiger partial charge < -0.3 is 15.5 Å². The van der Waals surface area contributed by atoms with E-state index in [2.05, 4.69) is 66.3 Å². The molecule has 4 nitrogen and oxygen atoms in total. The number of likely N-dealkylation sites (N-methyl/N-ethyl adjacent to an activating group) is 1. The first kappa shape index (κ1) is 19.0. The molecule has 0 radical (unpaired) electrons. The standard InChI is InChI=1S/C22H34N4S/c1-5-25(6-2)22(27)24-15-11-18-16-9-8-10-19-21(16)17(14(4)23-19)12-20(18)26(7-3)13-15/h8-10,14-15,17-18,20,23H,5-7,11-13H2,1-4H3,(H,24,27)/t14?,15-,17+,18+,20+/m0/s1. The molecule has 1 saturated heterocycles. The third-order valence-corrected chi connectivity index (χ3v) is 7.48. The molecular formula is C22H34N4S. The summed E-state index contributed by atoms with van der Waals surface area (Å²) >= 11 is 5.71. The maximum atomic E-state index is 5.71. The van der Waals surface area contributed by atoms with Crippen LogP contribution >= 0.6 is 12.2 Å². The van der Waals surface area contributed by atoms with E-state index < -0.39 is 0 Å². The van der Waals surface area contributed by atoms with E-state index in [1.807, 2.05) is 0 Å². The lowest BCUT2D eigenvalue weighted by molar-refractivity contribution is 0.0916. The van der Waals surface area contributed by atoms with Gasteiger partial charge in [-0.15, -0.1) is 0 Å². The quantitative estimate of drug-likeness (QED) is 0.770. The van der Waals surface area contributed by atoms with Gasteiger partial charge in [-0.25, -0.2) is 0 Å². The Morgan fingerprint density at radius 3 is 2.70 bits per heavy atom. The van der Waals surface area contributed by atoms with Crippen LogP contribution in [-0.4, -0.2) is 59.2 Å². The van der Waals surface area contributed by atoms with Gasteiger partial charge in [0.05, 0.1) is 0 Å². The van der Waals surface area contributed by atoms with E-state index in [0.717, 1.165) is 31.3 Å². The first-order chi connectivity index (χ1) is 13.1. The van der Waals surface area contributed by atoms with E-state index in [1.165, 1.54) is 18.5 Å². The Morgan fingerprint density at radius 1 is 1.22 bits per heavy atom. The highest BCUT2D eigenvalue weighted by Crippen LogP contribution is 2.52. The fourth-order valence-corrected chi connectivity index (χ4v) is 6.15. The van der Waals surface area contributed by atoms with Gasteiger partial charge in [-0.05, 0) is 69.6 Å². The van der Waals surface area contributed by atoms with Gasteiger partial charge in [-0.3, -0.25) is 4.90 Å². The minimum Gasteiger partial charge on any atom is -0.382 e. The number of thiocarbonyl (C=S) groups is 1. The average molecular weight is 387 g/mol. The van der Waals surface area contributed by atoms with Crippen molar-refractivity contribution in [1.82, 2.24) is 15.1 Å². The molecule has 0 saturated carbocycles. The lowest BCUT2D eigenvalue weighted by Crippen LogP contribution is -2.57. The summed E-state index contributed by atoms with van der Waals surface area (Å²) in [5.41, 5.74) is 4.57. The predicted molar refractivity (Wildman–Crippen MR) is 118 cm³/mol. The molecule has 148 valence electrons. The number of hydrogen-bond acceptors (Lipinski definition) is 3. The summed E-state index contributed by atoms with van der Waals surface area (Å²) in [4.78, 5) is 4.96. The van der Waals surface area contributed by atoms with Crippen LogP contribution in [0.3, 0.4) is 0 Å². The maximum absolute atomic E-state index is 5.71. The Hall–Kier alpha value is -1.33. The van der Waals surface area contributed by atoms with E-state index >= 15 is 0 Å². The van der Waals surface area contributed by atoms with Gasteiger partial charge in [0, 0.05) is 55.3 Å². The SMILES string of the molecule is CCN(CC)C(=S)N[C@H]1C[C@@H]2c3cccc4c3[C@H](C[C@H]2N(CC)C1)C(C)N4. The summed E-state index contributed by atoms with van der Waals surface area (Å²) in [5, 5.41) is 8.35. The van der Waals surface area contributed by atoms with Crippen molar-refractivity contribution in [1.29, 1.82) is 0 Å². The van der Waals surface area contributed by atoms with Gasteiger partial charge in [0.15, 0.2) is 5.11 Å². The summed E-state index contributed by atoms with van der Waals surface area (Å²) in [6.45, 7) is 13.2. The molecule has 2 N–H and O–H groups in total. The van der Waals surface area contributed by atoms with Gasteiger partial charge in [0.25, 0.3) is 0 Å². The monoisotopic (exact) mass is 386 g/mol. The second-order valence-corrected chi connectivity index (χ2v) is 8.79. The number of nitrogens with one attached hydrogen (secondary N) is 2. The largest absolute Gasteiger partial charge is 0.382 e. The summed E-state index contributed by atoms with van der Waals surface area (Å²) in [5.74, 6) is 1.27. The second kappa shape index (κ2) is 7.59. The topological polar surface area (TPSA) is 30.5 Å². The van der Waals surface area contributed by atoms with Crippen LogP contribution in [-0.2, 0) is 0 Å². The normalized spacial score (nSPS) is 31.6. The highest BCUT2D eigenvalue weighted by atomic mass is 32.1. The van der Waals surface area contributed by atoms with Crippen molar-refractivity contribution in [2.75, 3.05) is 31.5 Å². The van der Waals surface area contributed by atoms with Crippen molar-refractivity contribution in [3.05, 3.63) is 29.3 Å². The molecule has 1 aromatic carbocycles. The molecule has 0 amide bonds. The molecule has 1 unspecified atom stereocenters. The fraction of sp³-hybridized carbons (Fsp3) is 0.682. The van der Waals surface area contributed by atoms with Crippen molar-refractivity contribution < 1.29 is 0 Å². The third kappa shape index (κ3) is 3.23. The number of anilines is 1. The zero-order valence-corrected chi connectivity index (χ0v) is 18.0. The van der Waals surface area contributed by atoms with E-state index in [-0.39, 0.29) is 0 Å². The van der Waals surface area contributed by atoms with Crippen LogP contribution in [0.4, 0.5) is 5.69 Å². The van der Waals surface area contributed by atoms with E-state index in [0.29, 0.717) is 30.0 Å². The molecule has 2 aliphatic heterocycles. The lowest BCUT2D eigenvalue weighted by Gasteiger charge is -2.49. The molecule has 1 fully saturated rings. The molecule has 5 heteroatoms. The molecule has 5 atom stereocenters. The molecule has 2 heterocycles. The zero-order chi connectivity index (χ0) is 19.1. The van der Waals surface area contributed by atoms with Gasteiger partial charge in [0.2, 0.25) is 0 Å². The fourth-order valence-electron chi connectivity index (χ4n) is 5.73. The lowest BCUT2D eigenvalue weighted by atomic mass is 9.68. The van der Waals surface area contributed by atoms with Crippen LogP contribution in [0.5, 0.6) is 0 Å². The minimum atomic E-state index is 0.429. The van der Waals surface area contributed by atoms with Crippen LogP contribution in [0, 0.1) is 0 Å². The Kier molecular flexibility index (Phi) is 5.34. The molecule has 0 spiro atoms. The number of hydrogen-bond donors (Lipinski definition) is 2. The number of rotatable bonds is 4. The van der Waals surface area contributed by atoms with Gasteiger partial charge in [0.1, 0.15) is 0 Å². The van der Waals surface area contributed by atoms with Crippen molar-refractivity contribution in [3.63, 3.8) is 0 Å². The number of likely N-dealkylation sites (tertiary alicyclic amines) is 1. The number of fused-ring (bicyclic) bond motifs is 2. The van der Waals surface area contributed by atoms with Crippen molar-refractivity contribution in [2.45, 2.75) is 70.5 Å². The van der Waals surface area contributed by atoms with Crippen molar-refractivity contribution in [3.8, 4) is 0 Å². The molecular weight excluding hydrogens is 352 g/mol. The summed E-state index contributed by atoms with van der Waals surface area (Å²) in [6.07, 6.45) is 2.46. The molecule has 1 aromatic rings. The van der Waals surface area contributed by atoms with Gasteiger partial charge in [-0.1, -0.05) is 19.1 Å². The molecule has 27 heavy (non-hydrogen) atoms. The first-order valence-corrected chi connectivity index (χ1v) is 11.2. The Labute approximate surface area is 169 Å². The molecule has 1 aliphatic carbocycles. The zero-order valence-electron chi connectivity index (χ0n) is 17.2. The molecule has 0 aromatic heterocycles. The molecule has 0 bridgehead atoms. The summed E-state index contributed by atoms with van der Waals surface area (Å²) in [6, 6.07) is 8.53. The van der Waals surface area contributed by atoms with Crippen LogP contribution in [0.25, 0.3) is 0 Å². The number of benzene rings is 1. The van der Waals surface area contributed by atoms with Crippen LogP contribution < -0.4 is 10.6 Å². The van der Waals surface area contributed by atoms with E-state index in [1.54, 1.807) is 11.1 Å². The highest BCUT2D eigenvalue weighted by Gasteiger charge is 2.46. The van der Waals surface area contributed by atoms with Gasteiger partial charge >= 0.3 is 0 Å². The van der Waals surface area contributed by atoms with Crippen LogP contribution in [0.15, 0.2) is 18.2 Å². The van der Waals surface area contributed by atoms with E-state index in [4.69, 9.17) is 12.2 Å². The van der Waals surface area contributed by atoms with Gasteiger partial charge in [-0.2, -0.15) is 0 Å². The number of nitrogens with zero attached hydrogens (tertiary/aromatic N) is 2. The Balaban J connectivity index is 1.60. The van der Waals surface area contributed by atoms with Crippen LogP contribution in [0.2, 0.25) is 0 Å². The highest BCUT2D eigenvalue weighted by molar-refractivity contribution is 7.80. The number of piperidine rings is 1. The minimum absolute atomic E-state index is 0.429. The first-order valence-electron chi connectivity index (χ1n) is 10.8. The third-order valence-electron chi connectivity index (χ3n) is 7.10. The van der Waals surface area contributed by atoms with Crippen molar-refractivity contribution in [2.24, 2.45) is 0 Å². The Bertz CT molecular complexity index is 702. The summed E-state index contributed by atoms with van der Waals surface area (Å²) < 4.78 is 0. The molecule has 3 aliphatic rings. The second-order valence-electron chi connectivity index (χ2n) is 8.40. The smallest absolute Gasteiger partial charge is 0.169 e. The van der Waals surface area contributed by atoms with Crippen LogP contribution in [0.1, 0.15) is 63.5 Å². The predicted octanol–water partition coefficient (Wildman–Crippen LogP) is 3.75.